The summed E-state index contributed by atoms with van der Waals surface area (Å²) in [5.41, 5.74) is 0.300. The highest BCUT2D eigenvalue weighted by Crippen LogP contribution is 2.36. The molecule has 0 atom stereocenters. The molecule has 12 heteroatoms. The van der Waals surface area contributed by atoms with Gasteiger partial charge in [-0.1, -0.05) is 19.9 Å². The van der Waals surface area contributed by atoms with Gasteiger partial charge in [0.15, 0.2) is 5.03 Å². The van der Waals surface area contributed by atoms with Gasteiger partial charge < -0.3 is 9.47 Å². The molecule has 0 bridgehead atoms. The number of hydrogen-bond donors (Lipinski definition) is 1. The maximum Gasteiger partial charge on any atom is 0.281 e. The molecule has 0 radical (unpaired) electrons. The van der Waals surface area contributed by atoms with E-state index in [1.165, 1.54) is 48.7 Å². The molecule has 1 aromatic carbocycles. The minimum absolute atomic E-state index is 0.0133. The number of nitrogens with zero attached hydrogens (tertiary/aromatic N) is 2. The van der Waals surface area contributed by atoms with Crippen molar-refractivity contribution >= 4 is 15.9 Å². The average molecular weight is 564 g/mol. The predicted octanol–water partition coefficient (Wildman–Crippen LogP) is 5.39. The van der Waals surface area contributed by atoms with Crippen molar-refractivity contribution in [2.45, 2.75) is 56.6 Å². The summed E-state index contributed by atoms with van der Waals surface area (Å²) in [6.07, 6.45) is -0.177. The number of carbonyl (C=O) groups is 1. The number of amides is 1. The molecule has 3 aromatic rings. The highest BCUT2D eigenvalue weighted by molar-refractivity contribution is 7.90. The molecular weight excluding hydrogens is 535 g/mol. The van der Waals surface area contributed by atoms with Crippen LogP contribution < -0.4 is 14.2 Å². The fraction of sp³-hybridized carbons (Fsp3) is 0.370. The van der Waals surface area contributed by atoms with Gasteiger partial charge in [-0.05, 0) is 55.2 Å². The second-order valence-electron chi connectivity index (χ2n) is 9.71. The van der Waals surface area contributed by atoms with Crippen LogP contribution in [0, 0.1) is 11.7 Å². The molecule has 1 fully saturated rings. The summed E-state index contributed by atoms with van der Waals surface area (Å²) in [4.78, 5) is 21.2. The summed E-state index contributed by atoms with van der Waals surface area (Å²) >= 11 is 0. The number of rotatable bonds is 9. The van der Waals surface area contributed by atoms with Gasteiger partial charge in [-0.2, -0.15) is 8.42 Å². The zero-order chi connectivity index (χ0) is 28.2. The van der Waals surface area contributed by atoms with Crippen molar-refractivity contribution < 1.29 is 35.9 Å². The molecule has 0 unspecified atom stereocenters. The van der Waals surface area contributed by atoms with E-state index in [2.05, 4.69) is 9.97 Å². The Labute approximate surface area is 224 Å². The third-order valence-corrected chi connectivity index (χ3v) is 7.18. The molecule has 2 heterocycles. The first kappa shape index (κ1) is 28.3. The quantitative estimate of drug-likeness (QED) is 0.372. The van der Waals surface area contributed by atoms with Crippen LogP contribution in [-0.4, -0.2) is 42.9 Å². The lowest BCUT2D eigenvalue weighted by atomic mass is 9.94. The molecule has 2 aromatic heterocycles. The van der Waals surface area contributed by atoms with Crippen molar-refractivity contribution in [2.75, 3.05) is 6.61 Å². The minimum atomic E-state index is -4.32. The number of ether oxygens (including phenoxy) is 2. The van der Waals surface area contributed by atoms with Crippen molar-refractivity contribution in [3.63, 3.8) is 0 Å². The average Bonchev–Trinajstić information content (AvgIpc) is 2.88. The van der Waals surface area contributed by atoms with E-state index < -0.39 is 46.6 Å². The van der Waals surface area contributed by atoms with Crippen LogP contribution in [0.25, 0.3) is 11.3 Å². The third kappa shape index (κ3) is 7.47. The second-order valence-corrected chi connectivity index (χ2v) is 11.3. The number of carbonyl (C=O) groups excluding carboxylic acids is 1. The van der Waals surface area contributed by atoms with E-state index in [1.54, 1.807) is 6.07 Å². The predicted molar refractivity (Wildman–Crippen MR) is 137 cm³/mol. The molecule has 1 N–H and O–H groups in total. The molecule has 39 heavy (non-hydrogen) atoms. The van der Waals surface area contributed by atoms with Gasteiger partial charge in [0.2, 0.25) is 11.8 Å². The first-order chi connectivity index (χ1) is 18.4. The monoisotopic (exact) mass is 563 g/mol. The number of alkyl halides is 2. The highest BCUT2D eigenvalue weighted by atomic mass is 32.2. The van der Waals surface area contributed by atoms with Gasteiger partial charge in [-0.3, -0.25) is 4.79 Å². The van der Waals surface area contributed by atoms with E-state index in [9.17, 15) is 26.4 Å². The minimum Gasteiger partial charge on any atom is -0.493 e. The van der Waals surface area contributed by atoms with Crippen LogP contribution in [-0.2, 0) is 10.0 Å². The van der Waals surface area contributed by atoms with Crippen molar-refractivity contribution in [1.29, 1.82) is 0 Å². The normalized spacial score (nSPS) is 15.6. The number of nitrogens with one attached hydrogen (secondary N) is 1. The van der Waals surface area contributed by atoms with Crippen LogP contribution in [0.4, 0.5) is 13.2 Å². The first-order valence-corrected chi connectivity index (χ1v) is 13.9. The maximum absolute atomic E-state index is 14.4. The Morgan fingerprint density at radius 2 is 1.87 bits per heavy atom. The maximum atomic E-state index is 14.4. The lowest BCUT2D eigenvalue weighted by molar-refractivity contribution is -0.0588. The Balaban J connectivity index is 1.67. The zero-order valence-corrected chi connectivity index (χ0v) is 22.2. The van der Waals surface area contributed by atoms with E-state index in [4.69, 9.17) is 9.47 Å². The lowest BCUT2D eigenvalue weighted by Gasteiger charge is -2.28. The molecule has 4 rings (SSSR count). The number of pyridine rings is 2. The summed E-state index contributed by atoms with van der Waals surface area (Å²) in [6.45, 7) is 4.26. The Kier molecular flexibility index (Phi) is 8.43. The van der Waals surface area contributed by atoms with Gasteiger partial charge in [0.05, 0.1) is 12.3 Å². The zero-order valence-electron chi connectivity index (χ0n) is 21.4. The van der Waals surface area contributed by atoms with Crippen LogP contribution in [0.1, 0.15) is 49.9 Å². The van der Waals surface area contributed by atoms with E-state index in [0.29, 0.717) is 12.2 Å². The molecule has 1 aliphatic carbocycles. The fourth-order valence-electron chi connectivity index (χ4n) is 3.95. The number of halogens is 3. The second kappa shape index (κ2) is 11.6. The summed E-state index contributed by atoms with van der Waals surface area (Å²) in [6, 6.07) is 10.9. The number of sulfonamides is 1. The summed E-state index contributed by atoms with van der Waals surface area (Å²) < 4.78 is 80.6. The topological polar surface area (TPSA) is 107 Å². The van der Waals surface area contributed by atoms with Crippen LogP contribution in [0.5, 0.6) is 11.6 Å². The molecular formula is C27H28F3N3O5S. The van der Waals surface area contributed by atoms with Gasteiger partial charge in [-0.25, -0.2) is 27.9 Å². The molecule has 1 aliphatic rings. The molecule has 1 saturated carbocycles. The smallest absolute Gasteiger partial charge is 0.281 e. The summed E-state index contributed by atoms with van der Waals surface area (Å²) in [5.74, 6) is -4.20. The van der Waals surface area contributed by atoms with Gasteiger partial charge >= 0.3 is 0 Å². The van der Waals surface area contributed by atoms with Crippen LogP contribution in [0.3, 0.4) is 0 Å². The van der Waals surface area contributed by atoms with Gasteiger partial charge in [0.1, 0.15) is 23.2 Å². The van der Waals surface area contributed by atoms with Crippen LogP contribution >= 0.6 is 0 Å². The largest absolute Gasteiger partial charge is 0.493 e. The van der Waals surface area contributed by atoms with E-state index in [0.717, 1.165) is 0 Å². The number of hydrogen-bond acceptors (Lipinski definition) is 7. The Morgan fingerprint density at radius 3 is 2.54 bits per heavy atom. The summed E-state index contributed by atoms with van der Waals surface area (Å²) in [7, 11) is -4.32. The van der Waals surface area contributed by atoms with Crippen LogP contribution in [0.15, 0.2) is 59.8 Å². The molecule has 1 amide bonds. The summed E-state index contributed by atoms with van der Waals surface area (Å²) in [5, 5.41) is -0.367. The molecule has 0 saturated heterocycles. The SMILES string of the molecule is CC(C)COc1cc(F)cc(-c2ccc(C(=O)NS(=O)(=O)c3ccccn3)c(OC3CCC(F)(F)CC3)n2)c1. The first-order valence-electron chi connectivity index (χ1n) is 12.4. The molecule has 208 valence electrons. The highest BCUT2D eigenvalue weighted by Gasteiger charge is 2.36. The Bertz CT molecular complexity index is 1430. The van der Waals surface area contributed by atoms with E-state index >= 15 is 0 Å². The molecule has 0 spiro atoms. The van der Waals surface area contributed by atoms with Gasteiger partial charge in [0.25, 0.3) is 15.9 Å². The van der Waals surface area contributed by atoms with Crippen LogP contribution in [0.2, 0.25) is 0 Å². The van der Waals surface area contributed by atoms with Gasteiger partial charge in [-0.15, -0.1) is 0 Å². The Hall–Kier alpha value is -3.67. The Morgan fingerprint density at radius 1 is 1.13 bits per heavy atom. The van der Waals surface area contributed by atoms with Crippen molar-refractivity contribution in [1.82, 2.24) is 14.7 Å². The van der Waals surface area contributed by atoms with Crippen molar-refractivity contribution in [2.24, 2.45) is 5.92 Å². The van der Waals surface area contributed by atoms with E-state index in [1.807, 2.05) is 18.6 Å². The van der Waals surface area contributed by atoms with Crippen molar-refractivity contribution in [3.8, 4) is 22.9 Å². The number of aromatic nitrogens is 2. The fourth-order valence-corrected chi connectivity index (χ4v) is 4.86. The molecule has 8 nitrogen and oxygen atoms in total. The van der Waals surface area contributed by atoms with E-state index in [-0.39, 0.29) is 46.7 Å². The lowest BCUT2D eigenvalue weighted by Crippen LogP contribution is -2.33. The van der Waals surface area contributed by atoms with Gasteiger partial charge in [0, 0.05) is 30.7 Å². The standard InChI is InChI=1S/C27H28F3N3O5S/c1-17(2)16-37-21-14-18(13-19(28)15-21)23-7-6-22(25(34)33-39(35,36)24-5-3-4-12-31-24)26(32-23)38-20-8-10-27(29,30)11-9-20/h3-7,12-15,17,20H,8-11,16H2,1-2H3,(H,33,34). The molecule has 0 aliphatic heterocycles. The third-order valence-electron chi connectivity index (χ3n) is 5.94. The van der Waals surface area contributed by atoms with Crippen molar-refractivity contribution in [3.05, 3.63) is 66.1 Å². The number of benzene rings is 1.